The van der Waals surface area contributed by atoms with Crippen LogP contribution in [0.1, 0.15) is 13.8 Å². The number of ether oxygens (including phenoxy) is 1. The second kappa shape index (κ2) is 5.57. The van der Waals surface area contributed by atoms with Gasteiger partial charge in [0.2, 0.25) is 0 Å². The molecule has 70 valence electrons. The number of amidine groups is 1. The Labute approximate surface area is 73.0 Å². The third-order valence-electron chi connectivity index (χ3n) is 1.55. The zero-order valence-electron chi connectivity index (χ0n) is 8.00. The van der Waals surface area contributed by atoms with Gasteiger partial charge in [-0.25, -0.2) is 4.99 Å². The summed E-state index contributed by atoms with van der Waals surface area (Å²) in [6.45, 7) is 3.91. The number of carbonyl (C=O) groups is 1. The van der Waals surface area contributed by atoms with E-state index in [1.54, 1.807) is 7.05 Å². The van der Waals surface area contributed by atoms with E-state index in [0.717, 1.165) is 6.29 Å². The lowest BCUT2D eigenvalue weighted by Crippen LogP contribution is -2.40. The Morgan fingerprint density at radius 3 is 2.42 bits per heavy atom. The Morgan fingerprint density at radius 2 is 2.17 bits per heavy atom. The van der Waals surface area contributed by atoms with Crippen molar-refractivity contribution in [3.05, 3.63) is 0 Å². The average molecular weight is 172 g/mol. The Kier molecular flexibility index (Phi) is 5.08. The molecule has 0 fully saturated rings. The second-order valence-electron chi connectivity index (χ2n) is 2.78. The van der Waals surface area contributed by atoms with Crippen LogP contribution in [0.2, 0.25) is 0 Å². The summed E-state index contributed by atoms with van der Waals surface area (Å²) in [6, 6.07) is 0.157. The third kappa shape index (κ3) is 3.37. The number of rotatable bonds is 3. The molecule has 1 unspecified atom stereocenters. The molecule has 0 aliphatic heterocycles. The van der Waals surface area contributed by atoms with Gasteiger partial charge in [0, 0.05) is 7.05 Å². The number of hydrogen-bond donors (Lipinski definition) is 1. The van der Waals surface area contributed by atoms with Crippen LogP contribution in [-0.2, 0) is 9.53 Å². The highest BCUT2D eigenvalue weighted by Gasteiger charge is 2.13. The molecule has 0 bridgehead atoms. The van der Waals surface area contributed by atoms with E-state index in [-0.39, 0.29) is 12.0 Å². The lowest BCUT2D eigenvalue weighted by molar-refractivity contribution is -0.110. The van der Waals surface area contributed by atoms with Gasteiger partial charge in [-0.15, -0.1) is 0 Å². The van der Waals surface area contributed by atoms with Crippen molar-refractivity contribution < 1.29 is 9.53 Å². The highest BCUT2D eigenvalue weighted by atomic mass is 16.5. The number of methoxy groups -OCH3 is 1. The first-order valence-corrected chi connectivity index (χ1v) is 3.88. The molecular weight excluding hydrogens is 156 g/mol. The molecule has 4 nitrogen and oxygen atoms in total. The number of nitrogens with one attached hydrogen (secondary N) is 1. The maximum atomic E-state index is 10.5. The molecular formula is C8H16N2O2. The molecule has 0 aromatic carbocycles. The van der Waals surface area contributed by atoms with Crippen LogP contribution in [0.15, 0.2) is 4.99 Å². The monoisotopic (exact) mass is 172 g/mol. The minimum atomic E-state index is -0.233. The van der Waals surface area contributed by atoms with E-state index < -0.39 is 0 Å². The molecule has 1 atom stereocenters. The molecule has 0 heterocycles. The number of carbonyl (C=O) groups excluding carboxylic acids is 1. The predicted molar refractivity (Wildman–Crippen MR) is 48.2 cm³/mol. The van der Waals surface area contributed by atoms with Crippen LogP contribution in [0, 0.1) is 5.92 Å². The van der Waals surface area contributed by atoms with Crippen molar-refractivity contribution in [3.63, 3.8) is 0 Å². The first-order chi connectivity index (χ1) is 5.65. The summed E-state index contributed by atoms with van der Waals surface area (Å²) in [7, 11) is 3.12. The van der Waals surface area contributed by atoms with Gasteiger partial charge in [0.15, 0.2) is 0 Å². The van der Waals surface area contributed by atoms with Crippen molar-refractivity contribution in [2.45, 2.75) is 19.9 Å². The lowest BCUT2D eigenvalue weighted by Gasteiger charge is -2.17. The first-order valence-electron chi connectivity index (χ1n) is 3.88. The Balaban J connectivity index is 4.10. The highest BCUT2D eigenvalue weighted by Crippen LogP contribution is 1.98. The maximum absolute atomic E-state index is 10.5. The smallest absolute Gasteiger partial charge is 0.284 e. The van der Waals surface area contributed by atoms with Gasteiger partial charge in [-0.3, -0.25) is 0 Å². The van der Waals surface area contributed by atoms with Crippen LogP contribution in [0.3, 0.4) is 0 Å². The van der Waals surface area contributed by atoms with Gasteiger partial charge < -0.3 is 14.8 Å². The van der Waals surface area contributed by atoms with E-state index >= 15 is 0 Å². The Hall–Kier alpha value is -1.06. The zero-order chi connectivity index (χ0) is 9.56. The summed E-state index contributed by atoms with van der Waals surface area (Å²) in [6.07, 6.45) is 0.856. The fraction of sp³-hybridized carbons (Fsp3) is 0.750. The molecule has 0 aliphatic rings. The molecule has 0 radical (unpaired) electrons. The van der Waals surface area contributed by atoms with E-state index in [0.29, 0.717) is 6.02 Å². The molecule has 0 spiro atoms. The summed E-state index contributed by atoms with van der Waals surface area (Å²) in [5, 5.41) is 2.86. The van der Waals surface area contributed by atoms with Crippen molar-refractivity contribution in [1.82, 2.24) is 5.32 Å². The Morgan fingerprint density at radius 1 is 1.58 bits per heavy atom. The van der Waals surface area contributed by atoms with Crippen LogP contribution in [0.25, 0.3) is 0 Å². The van der Waals surface area contributed by atoms with E-state index in [4.69, 9.17) is 4.74 Å². The van der Waals surface area contributed by atoms with Crippen LogP contribution in [0.5, 0.6) is 0 Å². The van der Waals surface area contributed by atoms with Crippen molar-refractivity contribution in [1.29, 1.82) is 0 Å². The first kappa shape index (κ1) is 10.9. The van der Waals surface area contributed by atoms with Crippen molar-refractivity contribution >= 4 is 12.3 Å². The molecule has 0 rings (SSSR count). The fourth-order valence-corrected chi connectivity index (χ4v) is 0.715. The van der Waals surface area contributed by atoms with Crippen molar-refractivity contribution in [2.24, 2.45) is 10.9 Å². The largest absolute Gasteiger partial charge is 0.469 e. The molecule has 0 aliphatic carbocycles. The normalized spacial score (nSPS) is 14.2. The third-order valence-corrected chi connectivity index (χ3v) is 1.55. The van der Waals surface area contributed by atoms with Gasteiger partial charge in [0.1, 0.15) is 6.29 Å². The topological polar surface area (TPSA) is 50.7 Å². The molecule has 0 saturated heterocycles. The quantitative estimate of drug-likeness (QED) is 0.381. The van der Waals surface area contributed by atoms with E-state index in [9.17, 15) is 4.79 Å². The van der Waals surface area contributed by atoms with Crippen LogP contribution < -0.4 is 5.32 Å². The summed E-state index contributed by atoms with van der Waals surface area (Å²) in [4.78, 5) is 14.3. The summed E-state index contributed by atoms with van der Waals surface area (Å²) in [5.41, 5.74) is 0. The fourth-order valence-electron chi connectivity index (χ4n) is 0.715. The van der Waals surface area contributed by atoms with E-state index in [1.165, 1.54) is 7.11 Å². The standard InChI is InChI=1S/C8H16N2O2/c1-6(2)7(5-11)10-8(9-3)12-4/h5-7H,1-4H3,(H,9,10). The maximum Gasteiger partial charge on any atom is 0.284 e. The molecule has 0 aromatic heterocycles. The van der Waals surface area contributed by atoms with Gasteiger partial charge >= 0.3 is 0 Å². The highest BCUT2D eigenvalue weighted by molar-refractivity contribution is 5.77. The van der Waals surface area contributed by atoms with E-state index in [1.807, 2.05) is 13.8 Å². The Bertz CT molecular complexity index is 166. The SMILES string of the molecule is CN=C(NC(C=O)C(C)C)OC. The number of hydrogen-bond acceptors (Lipinski definition) is 3. The molecule has 12 heavy (non-hydrogen) atoms. The lowest BCUT2D eigenvalue weighted by atomic mass is 10.1. The summed E-state index contributed by atoms with van der Waals surface area (Å²) < 4.78 is 4.86. The molecule has 0 aromatic rings. The number of aliphatic imine (C=N–C) groups is 1. The number of aldehydes is 1. The van der Waals surface area contributed by atoms with Gasteiger partial charge in [-0.05, 0) is 5.92 Å². The number of nitrogens with zero attached hydrogens (tertiary/aromatic N) is 1. The van der Waals surface area contributed by atoms with E-state index in [2.05, 4.69) is 10.3 Å². The van der Waals surface area contributed by atoms with Gasteiger partial charge in [-0.2, -0.15) is 0 Å². The minimum Gasteiger partial charge on any atom is -0.469 e. The van der Waals surface area contributed by atoms with Crippen molar-refractivity contribution in [2.75, 3.05) is 14.2 Å². The molecule has 1 N–H and O–H groups in total. The zero-order valence-corrected chi connectivity index (χ0v) is 8.00. The van der Waals surface area contributed by atoms with Gasteiger partial charge in [-0.1, -0.05) is 13.8 Å². The van der Waals surface area contributed by atoms with Crippen LogP contribution in [0.4, 0.5) is 0 Å². The average Bonchev–Trinajstić information content (AvgIpc) is 2.06. The van der Waals surface area contributed by atoms with Crippen molar-refractivity contribution in [3.8, 4) is 0 Å². The summed E-state index contributed by atoms with van der Waals surface area (Å²) in [5.74, 6) is 0.231. The second-order valence-corrected chi connectivity index (χ2v) is 2.78. The van der Waals surface area contributed by atoms with Gasteiger partial charge in [0.05, 0.1) is 13.2 Å². The molecule has 0 saturated carbocycles. The van der Waals surface area contributed by atoms with Gasteiger partial charge in [0.25, 0.3) is 6.02 Å². The molecule has 4 heteroatoms. The van der Waals surface area contributed by atoms with Crippen LogP contribution in [-0.4, -0.2) is 32.5 Å². The molecule has 0 amide bonds. The summed E-state index contributed by atoms with van der Waals surface area (Å²) >= 11 is 0. The van der Waals surface area contributed by atoms with Crippen LogP contribution >= 0.6 is 0 Å². The minimum absolute atomic E-state index is 0.231. The predicted octanol–water partition coefficient (Wildman–Crippen LogP) is 0.432.